The predicted molar refractivity (Wildman–Crippen MR) is 70.6 cm³/mol. The first-order valence-corrected chi connectivity index (χ1v) is 6.46. The zero-order valence-corrected chi connectivity index (χ0v) is 11.2. The van der Waals surface area contributed by atoms with E-state index in [9.17, 15) is 14.0 Å². The van der Waals surface area contributed by atoms with Gasteiger partial charge in [-0.1, -0.05) is 6.07 Å². The summed E-state index contributed by atoms with van der Waals surface area (Å²) < 4.78 is 13.1. The first-order valence-electron chi connectivity index (χ1n) is 6.46. The number of halogens is 1. The van der Waals surface area contributed by atoms with Gasteiger partial charge in [-0.25, -0.2) is 4.39 Å². The second-order valence-corrected chi connectivity index (χ2v) is 4.95. The van der Waals surface area contributed by atoms with E-state index < -0.39 is 12.0 Å². The summed E-state index contributed by atoms with van der Waals surface area (Å²) in [5.41, 5.74) is 1.70. The third-order valence-corrected chi connectivity index (χ3v) is 3.49. The van der Waals surface area contributed by atoms with Gasteiger partial charge in [-0.3, -0.25) is 14.5 Å². The maximum absolute atomic E-state index is 13.1. The number of hydrogen-bond donors (Lipinski definition) is 2. The molecule has 0 saturated carbocycles. The van der Waals surface area contributed by atoms with Crippen LogP contribution in [-0.2, 0) is 16.1 Å². The molecule has 1 saturated heterocycles. The second-order valence-electron chi connectivity index (χ2n) is 4.95. The fourth-order valence-electron chi connectivity index (χ4n) is 2.39. The summed E-state index contributed by atoms with van der Waals surface area (Å²) >= 11 is 0. The third-order valence-electron chi connectivity index (χ3n) is 3.49. The molecule has 5 nitrogen and oxygen atoms in total. The number of hydrogen-bond acceptors (Lipinski definition) is 3. The predicted octanol–water partition coefficient (Wildman–Crippen LogP) is 0.909. The van der Waals surface area contributed by atoms with Gasteiger partial charge in [-0.15, -0.1) is 0 Å². The van der Waals surface area contributed by atoms with Crippen molar-refractivity contribution in [3.05, 3.63) is 35.1 Å². The van der Waals surface area contributed by atoms with Crippen LogP contribution in [-0.4, -0.2) is 41.0 Å². The van der Waals surface area contributed by atoms with Crippen LogP contribution in [0.3, 0.4) is 0 Å². The van der Waals surface area contributed by atoms with Crippen molar-refractivity contribution in [1.82, 2.24) is 10.2 Å². The molecule has 1 heterocycles. The molecule has 2 N–H and O–H groups in total. The van der Waals surface area contributed by atoms with Crippen molar-refractivity contribution in [2.75, 3.05) is 13.1 Å². The summed E-state index contributed by atoms with van der Waals surface area (Å²) in [5, 5.41) is 11.6. The molecule has 1 unspecified atom stereocenters. The summed E-state index contributed by atoms with van der Waals surface area (Å²) in [7, 11) is 0. The van der Waals surface area contributed by atoms with E-state index in [4.69, 9.17) is 5.11 Å². The molecule has 1 atom stereocenters. The van der Waals surface area contributed by atoms with E-state index in [1.807, 2.05) is 4.90 Å². The Balaban J connectivity index is 2.16. The van der Waals surface area contributed by atoms with Crippen LogP contribution in [0.4, 0.5) is 4.39 Å². The zero-order chi connectivity index (χ0) is 14.7. The van der Waals surface area contributed by atoms with Crippen LogP contribution in [0, 0.1) is 12.7 Å². The molecule has 1 aromatic rings. The minimum absolute atomic E-state index is 0.230. The summed E-state index contributed by atoms with van der Waals surface area (Å²) in [6.45, 7) is 3.32. The lowest BCUT2D eigenvalue weighted by Crippen LogP contribution is -2.55. The maximum atomic E-state index is 13.1. The lowest BCUT2D eigenvalue weighted by atomic mass is 10.0. The number of carboxylic acids is 1. The number of nitrogens with zero attached hydrogens (tertiary/aromatic N) is 1. The summed E-state index contributed by atoms with van der Waals surface area (Å²) in [4.78, 5) is 24.5. The quantitative estimate of drug-likeness (QED) is 0.860. The van der Waals surface area contributed by atoms with Gasteiger partial charge in [0.2, 0.25) is 5.91 Å². The van der Waals surface area contributed by atoms with Gasteiger partial charge in [0.15, 0.2) is 0 Å². The third kappa shape index (κ3) is 3.33. The lowest BCUT2D eigenvalue weighted by Gasteiger charge is -2.34. The molecule has 1 amide bonds. The topological polar surface area (TPSA) is 69.6 Å². The van der Waals surface area contributed by atoms with E-state index in [-0.39, 0.29) is 18.1 Å². The van der Waals surface area contributed by atoms with E-state index in [0.29, 0.717) is 19.6 Å². The van der Waals surface area contributed by atoms with Gasteiger partial charge in [0, 0.05) is 19.6 Å². The number of piperazine rings is 1. The Bertz CT molecular complexity index is 533. The van der Waals surface area contributed by atoms with Crippen molar-refractivity contribution in [1.29, 1.82) is 0 Å². The molecule has 0 radical (unpaired) electrons. The number of aryl methyl sites for hydroxylation is 1. The summed E-state index contributed by atoms with van der Waals surface area (Å²) in [5.74, 6) is -1.57. The smallest absolute Gasteiger partial charge is 0.305 e. The van der Waals surface area contributed by atoms with Gasteiger partial charge in [0.25, 0.3) is 0 Å². The highest BCUT2D eigenvalue weighted by molar-refractivity contribution is 5.86. The van der Waals surface area contributed by atoms with Crippen LogP contribution in [0.1, 0.15) is 17.5 Å². The zero-order valence-electron chi connectivity index (χ0n) is 11.2. The largest absolute Gasteiger partial charge is 0.481 e. The number of nitrogens with one attached hydrogen (secondary N) is 1. The molecule has 1 aliphatic heterocycles. The molecule has 6 heteroatoms. The Morgan fingerprint density at radius 3 is 2.95 bits per heavy atom. The van der Waals surface area contributed by atoms with Crippen LogP contribution in [0.15, 0.2) is 18.2 Å². The standard InChI is InChI=1S/C14H17FN2O3/c1-9-6-11(15)3-2-10(9)8-17-5-4-16-14(20)12(17)7-13(18)19/h2-3,6,12H,4-5,7-8H2,1H3,(H,16,20)(H,18,19). The highest BCUT2D eigenvalue weighted by atomic mass is 19.1. The minimum Gasteiger partial charge on any atom is -0.481 e. The molecule has 0 bridgehead atoms. The number of carboxylic acid groups (broad SMARTS) is 1. The Kier molecular flexibility index (Phi) is 4.34. The average Bonchev–Trinajstić information content (AvgIpc) is 2.36. The number of carbonyl (C=O) groups is 2. The molecular weight excluding hydrogens is 263 g/mol. The molecule has 108 valence electrons. The van der Waals surface area contributed by atoms with Gasteiger partial charge in [-0.2, -0.15) is 0 Å². The second kappa shape index (κ2) is 6.00. The van der Waals surface area contributed by atoms with Crippen molar-refractivity contribution < 1.29 is 19.1 Å². The van der Waals surface area contributed by atoms with Gasteiger partial charge < -0.3 is 10.4 Å². The van der Waals surface area contributed by atoms with Crippen LogP contribution < -0.4 is 5.32 Å². The van der Waals surface area contributed by atoms with Gasteiger partial charge in [0.05, 0.1) is 6.42 Å². The fraction of sp³-hybridized carbons (Fsp3) is 0.429. The monoisotopic (exact) mass is 280 g/mol. The van der Waals surface area contributed by atoms with Crippen LogP contribution in [0.25, 0.3) is 0 Å². The Hall–Kier alpha value is -1.95. The number of benzene rings is 1. The van der Waals surface area contributed by atoms with Crippen molar-refractivity contribution in [2.45, 2.75) is 25.9 Å². The van der Waals surface area contributed by atoms with Crippen LogP contribution in [0.5, 0.6) is 0 Å². The molecule has 2 rings (SSSR count). The van der Waals surface area contributed by atoms with Crippen LogP contribution >= 0.6 is 0 Å². The van der Waals surface area contributed by atoms with Gasteiger partial charge >= 0.3 is 5.97 Å². The van der Waals surface area contributed by atoms with Crippen molar-refractivity contribution in [3.8, 4) is 0 Å². The number of rotatable bonds is 4. The lowest BCUT2D eigenvalue weighted by molar-refractivity contribution is -0.143. The summed E-state index contributed by atoms with van der Waals surface area (Å²) in [6.07, 6.45) is -0.230. The van der Waals surface area contributed by atoms with Crippen molar-refractivity contribution in [2.24, 2.45) is 0 Å². The number of amides is 1. The van der Waals surface area contributed by atoms with E-state index in [2.05, 4.69) is 5.32 Å². The van der Waals surface area contributed by atoms with E-state index >= 15 is 0 Å². The van der Waals surface area contributed by atoms with Crippen molar-refractivity contribution in [3.63, 3.8) is 0 Å². The number of aliphatic carboxylic acids is 1. The normalized spacial score (nSPS) is 19.7. The molecular formula is C14H17FN2O3. The molecule has 1 aliphatic rings. The molecule has 0 aromatic heterocycles. The highest BCUT2D eigenvalue weighted by Crippen LogP contribution is 2.17. The van der Waals surface area contributed by atoms with Gasteiger partial charge in [0.1, 0.15) is 11.9 Å². The maximum Gasteiger partial charge on any atom is 0.305 e. The first kappa shape index (κ1) is 14.5. The van der Waals surface area contributed by atoms with Crippen LogP contribution in [0.2, 0.25) is 0 Å². The number of carbonyl (C=O) groups excluding carboxylic acids is 1. The van der Waals surface area contributed by atoms with E-state index in [1.54, 1.807) is 13.0 Å². The average molecular weight is 280 g/mol. The molecule has 20 heavy (non-hydrogen) atoms. The minimum atomic E-state index is -1.01. The Labute approximate surface area is 116 Å². The molecule has 0 spiro atoms. The van der Waals surface area contributed by atoms with Gasteiger partial charge in [-0.05, 0) is 30.2 Å². The molecule has 1 aromatic carbocycles. The van der Waals surface area contributed by atoms with E-state index in [1.165, 1.54) is 12.1 Å². The molecule has 1 fully saturated rings. The summed E-state index contributed by atoms with van der Waals surface area (Å²) in [6, 6.07) is 3.81. The van der Waals surface area contributed by atoms with Crippen molar-refractivity contribution >= 4 is 11.9 Å². The first-order chi connectivity index (χ1) is 9.47. The molecule has 0 aliphatic carbocycles. The fourth-order valence-corrected chi connectivity index (χ4v) is 2.39. The SMILES string of the molecule is Cc1cc(F)ccc1CN1CCNC(=O)C1CC(=O)O. The Morgan fingerprint density at radius 2 is 2.30 bits per heavy atom. The van der Waals surface area contributed by atoms with E-state index in [0.717, 1.165) is 11.1 Å². The Morgan fingerprint density at radius 1 is 1.55 bits per heavy atom. The highest BCUT2D eigenvalue weighted by Gasteiger charge is 2.31.